The number of aromatic nitrogens is 1. The van der Waals surface area contributed by atoms with Crippen molar-refractivity contribution in [1.82, 2.24) is 15.4 Å². The van der Waals surface area contributed by atoms with Crippen molar-refractivity contribution in [3.05, 3.63) is 106 Å². The Kier molecular flexibility index (Phi) is 7.02. The molecule has 4 rings (SSSR count). The van der Waals surface area contributed by atoms with Gasteiger partial charge in [-0.15, -0.1) is 0 Å². The number of amides is 1. The molecular formula is C26H21ClF3N3O2. The Labute approximate surface area is 204 Å². The lowest BCUT2D eigenvalue weighted by atomic mass is 10.1. The topological polar surface area (TPSA) is 55.3 Å². The van der Waals surface area contributed by atoms with Crippen LogP contribution in [-0.2, 0) is 12.7 Å². The van der Waals surface area contributed by atoms with E-state index in [1.165, 1.54) is 25.3 Å². The second kappa shape index (κ2) is 10.1. The molecule has 1 aromatic heterocycles. The second-order valence-electron chi connectivity index (χ2n) is 7.74. The van der Waals surface area contributed by atoms with Crippen LogP contribution in [0.4, 0.5) is 13.2 Å². The van der Waals surface area contributed by atoms with E-state index in [0.717, 1.165) is 34.2 Å². The number of benzene rings is 3. The largest absolute Gasteiger partial charge is 0.495 e. The van der Waals surface area contributed by atoms with Crippen molar-refractivity contribution in [1.29, 1.82) is 0 Å². The van der Waals surface area contributed by atoms with Gasteiger partial charge in [0.1, 0.15) is 5.75 Å². The Hall–Kier alpha value is -3.91. The van der Waals surface area contributed by atoms with Gasteiger partial charge in [0.2, 0.25) is 0 Å². The van der Waals surface area contributed by atoms with Crippen molar-refractivity contribution < 1.29 is 22.7 Å². The summed E-state index contributed by atoms with van der Waals surface area (Å²) in [6.45, 7) is 0.458. The van der Waals surface area contributed by atoms with E-state index >= 15 is 0 Å². The van der Waals surface area contributed by atoms with Crippen LogP contribution in [0.15, 0.2) is 79.1 Å². The fourth-order valence-corrected chi connectivity index (χ4v) is 3.84. The number of methoxy groups -OCH3 is 1. The molecule has 0 aliphatic rings. The Morgan fingerprint density at radius 2 is 1.83 bits per heavy atom. The third-order valence-corrected chi connectivity index (χ3v) is 5.68. The van der Waals surface area contributed by atoms with Gasteiger partial charge in [-0.2, -0.15) is 13.2 Å². The Bertz CT molecular complexity index is 1380. The first-order chi connectivity index (χ1) is 16.7. The smallest absolute Gasteiger partial charge is 0.416 e. The summed E-state index contributed by atoms with van der Waals surface area (Å²) in [4.78, 5) is 12.2. The van der Waals surface area contributed by atoms with Gasteiger partial charge in [0.05, 0.1) is 17.7 Å². The monoisotopic (exact) mass is 499 g/mol. The number of fused-ring (bicyclic) bond motifs is 1. The summed E-state index contributed by atoms with van der Waals surface area (Å²) in [5, 5.41) is 1.32. The molecule has 9 heteroatoms. The maximum atomic E-state index is 12.8. The third kappa shape index (κ3) is 5.78. The molecular weight excluding hydrogens is 479 g/mol. The zero-order valence-electron chi connectivity index (χ0n) is 18.6. The average molecular weight is 500 g/mol. The lowest BCUT2D eigenvalue weighted by molar-refractivity contribution is -0.137. The van der Waals surface area contributed by atoms with E-state index in [4.69, 9.17) is 16.3 Å². The van der Waals surface area contributed by atoms with Crippen LogP contribution in [0, 0.1) is 0 Å². The number of nitrogens with one attached hydrogen (secondary N) is 2. The van der Waals surface area contributed by atoms with Crippen LogP contribution in [0.3, 0.4) is 0 Å². The molecule has 0 bridgehead atoms. The van der Waals surface area contributed by atoms with Crippen molar-refractivity contribution in [2.75, 3.05) is 7.11 Å². The summed E-state index contributed by atoms with van der Waals surface area (Å²) < 4.78 is 45.4. The molecule has 2 N–H and O–H groups in total. The first-order valence-electron chi connectivity index (χ1n) is 10.6. The van der Waals surface area contributed by atoms with Gasteiger partial charge in [-0.1, -0.05) is 29.8 Å². The van der Waals surface area contributed by atoms with E-state index < -0.39 is 11.7 Å². The van der Waals surface area contributed by atoms with Crippen molar-refractivity contribution in [2.45, 2.75) is 12.7 Å². The summed E-state index contributed by atoms with van der Waals surface area (Å²) in [5.41, 5.74) is 7.67. The number of rotatable bonds is 7. The molecule has 0 radical (unpaired) electrons. The predicted molar refractivity (Wildman–Crippen MR) is 130 cm³/mol. The van der Waals surface area contributed by atoms with Gasteiger partial charge in [-0.05, 0) is 65.7 Å². The van der Waals surface area contributed by atoms with Crippen LogP contribution in [0.25, 0.3) is 17.0 Å². The predicted octanol–water partition coefficient (Wildman–Crippen LogP) is 6.28. The molecule has 0 aliphatic carbocycles. The van der Waals surface area contributed by atoms with Crippen molar-refractivity contribution in [3.63, 3.8) is 0 Å². The number of nitrogens with zero attached hydrogens (tertiary/aromatic N) is 1. The minimum Gasteiger partial charge on any atom is -0.495 e. The number of ether oxygens (including phenoxy) is 1. The first kappa shape index (κ1) is 24.2. The van der Waals surface area contributed by atoms with E-state index in [9.17, 15) is 18.0 Å². The lowest BCUT2D eigenvalue weighted by Crippen LogP contribution is -2.33. The molecule has 0 saturated carbocycles. The number of carbonyl (C=O) groups excluding carboxylic acids is 1. The molecule has 35 heavy (non-hydrogen) atoms. The number of alkyl halides is 3. The van der Waals surface area contributed by atoms with Gasteiger partial charge in [-0.3, -0.25) is 10.2 Å². The van der Waals surface area contributed by atoms with Crippen molar-refractivity contribution in [3.8, 4) is 5.75 Å². The number of carbonyl (C=O) groups is 1. The highest BCUT2D eigenvalue weighted by molar-refractivity contribution is 6.32. The maximum Gasteiger partial charge on any atom is 0.416 e. The van der Waals surface area contributed by atoms with Crippen LogP contribution >= 0.6 is 11.6 Å². The van der Waals surface area contributed by atoms with Crippen LogP contribution in [0.2, 0.25) is 5.02 Å². The summed E-state index contributed by atoms with van der Waals surface area (Å²) >= 11 is 6.05. The number of hydrogen-bond donors (Lipinski definition) is 2. The molecule has 5 nitrogen and oxygen atoms in total. The van der Waals surface area contributed by atoms with Gasteiger partial charge in [-0.25, -0.2) is 0 Å². The number of hydrazine groups is 1. The zero-order valence-corrected chi connectivity index (χ0v) is 19.3. The van der Waals surface area contributed by atoms with Crippen molar-refractivity contribution >= 4 is 34.5 Å². The summed E-state index contributed by atoms with van der Waals surface area (Å²) in [7, 11) is 1.50. The maximum absolute atomic E-state index is 12.8. The molecule has 0 saturated heterocycles. The average Bonchev–Trinajstić information content (AvgIpc) is 3.23. The fraction of sp³-hybridized carbons (Fsp3) is 0.115. The van der Waals surface area contributed by atoms with Crippen LogP contribution in [-0.4, -0.2) is 17.6 Å². The molecule has 0 atom stereocenters. The summed E-state index contributed by atoms with van der Waals surface area (Å²) in [6, 6.07) is 17.7. The second-order valence-corrected chi connectivity index (χ2v) is 8.14. The highest BCUT2D eigenvalue weighted by Crippen LogP contribution is 2.29. The van der Waals surface area contributed by atoms with Crippen molar-refractivity contribution in [2.24, 2.45) is 0 Å². The van der Waals surface area contributed by atoms with Crippen LogP contribution < -0.4 is 15.6 Å². The van der Waals surface area contributed by atoms with E-state index in [1.54, 1.807) is 24.4 Å². The standard InChI is InChI=1S/C26H21ClF3N3O2/c1-35-24-9-5-20(15-22(24)27)25(34)32-31-12-10-17-4-8-23-19(14-17)11-13-33(23)16-18-2-6-21(7-3-18)26(28,29)30/h2-15,31H,16H2,1H3,(H,32,34)/b12-10-. The fourth-order valence-electron chi connectivity index (χ4n) is 3.58. The molecule has 4 aromatic rings. The quantitative estimate of drug-likeness (QED) is 0.294. The summed E-state index contributed by atoms with van der Waals surface area (Å²) in [6.07, 6.45) is 0.954. The van der Waals surface area contributed by atoms with Gasteiger partial charge in [0, 0.05) is 35.4 Å². The first-order valence-corrected chi connectivity index (χ1v) is 10.9. The SMILES string of the molecule is COc1ccc(C(=O)NN/C=C\c2ccc3c(ccn3Cc3ccc(C(F)(F)F)cc3)c2)cc1Cl. The molecule has 1 amide bonds. The van der Waals surface area contributed by atoms with E-state index in [0.29, 0.717) is 22.9 Å². The highest BCUT2D eigenvalue weighted by Gasteiger charge is 2.29. The minimum absolute atomic E-state index is 0.342. The van der Waals surface area contributed by atoms with Crippen LogP contribution in [0.1, 0.15) is 27.0 Å². The Morgan fingerprint density at radius 3 is 2.51 bits per heavy atom. The molecule has 1 heterocycles. The van der Waals surface area contributed by atoms with E-state index in [1.807, 2.05) is 35.0 Å². The Morgan fingerprint density at radius 1 is 1.06 bits per heavy atom. The highest BCUT2D eigenvalue weighted by atomic mass is 35.5. The van der Waals surface area contributed by atoms with E-state index in [-0.39, 0.29) is 5.91 Å². The lowest BCUT2D eigenvalue weighted by Gasteiger charge is -2.09. The Balaban J connectivity index is 1.37. The molecule has 0 fully saturated rings. The van der Waals surface area contributed by atoms with Gasteiger partial charge in [0.15, 0.2) is 0 Å². The molecule has 180 valence electrons. The summed E-state index contributed by atoms with van der Waals surface area (Å²) in [5.74, 6) is 0.134. The number of hydrogen-bond acceptors (Lipinski definition) is 3. The molecule has 0 unspecified atom stereocenters. The normalized spacial score (nSPS) is 11.7. The van der Waals surface area contributed by atoms with Gasteiger partial charge < -0.3 is 14.7 Å². The van der Waals surface area contributed by atoms with Gasteiger partial charge >= 0.3 is 6.18 Å². The van der Waals surface area contributed by atoms with E-state index in [2.05, 4.69) is 10.9 Å². The molecule has 0 spiro atoms. The minimum atomic E-state index is -4.34. The number of halogens is 4. The zero-order chi connectivity index (χ0) is 25.0. The third-order valence-electron chi connectivity index (χ3n) is 5.39. The molecule has 3 aromatic carbocycles. The van der Waals surface area contributed by atoms with Crippen LogP contribution in [0.5, 0.6) is 5.75 Å². The molecule has 0 aliphatic heterocycles. The van der Waals surface area contributed by atoms with Gasteiger partial charge in [0.25, 0.3) is 5.91 Å².